The third-order valence-electron chi connectivity index (χ3n) is 2.68. The van der Waals surface area contributed by atoms with E-state index in [1.165, 1.54) is 0 Å². The van der Waals surface area contributed by atoms with Crippen LogP contribution in [0.2, 0.25) is 0 Å². The van der Waals surface area contributed by atoms with Gasteiger partial charge in [-0.2, -0.15) is 0 Å². The van der Waals surface area contributed by atoms with Crippen LogP contribution < -0.4 is 10.6 Å². The molecular weight excluding hydrogens is 204 g/mol. The van der Waals surface area contributed by atoms with Gasteiger partial charge >= 0.3 is 0 Å². The van der Waals surface area contributed by atoms with Crippen LogP contribution in [0.4, 0.5) is 0 Å². The van der Waals surface area contributed by atoms with E-state index >= 15 is 0 Å². The molecule has 94 valence electrons. The van der Waals surface area contributed by atoms with Crippen LogP contribution in [-0.2, 0) is 9.53 Å². The number of nitrogens with one attached hydrogen (secondary N) is 2. The molecule has 4 nitrogen and oxygen atoms in total. The number of hydrogen-bond donors (Lipinski definition) is 2. The summed E-state index contributed by atoms with van der Waals surface area (Å²) in [7, 11) is 1.67. The van der Waals surface area contributed by atoms with Crippen LogP contribution in [0.1, 0.15) is 40.0 Å². The fourth-order valence-corrected chi connectivity index (χ4v) is 1.84. The summed E-state index contributed by atoms with van der Waals surface area (Å²) in [5.41, 5.74) is -0.0439. The Morgan fingerprint density at radius 3 is 2.50 bits per heavy atom. The lowest BCUT2D eigenvalue weighted by molar-refractivity contribution is -0.120. The Morgan fingerprint density at radius 2 is 2.00 bits per heavy atom. The minimum absolute atomic E-state index is 0.0439. The van der Waals surface area contributed by atoms with Gasteiger partial charge in [-0.3, -0.25) is 4.79 Å². The zero-order valence-corrected chi connectivity index (χ0v) is 10.8. The van der Waals surface area contributed by atoms with Crippen molar-refractivity contribution in [1.82, 2.24) is 10.6 Å². The molecule has 0 atom stereocenters. The van der Waals surface area contributed by atoms with Gasteiger partial charge in [-0.05, 0) is 33.6 Å². The van der Waals surface area contributed by atoms with E-state index in [9.17, 15) is 4.79 Å². The predicted molar refractivity (Wildman–Crippen MR) is 64.3 cm³/mol. The third kappa shape index (κ3) is 4.94. The van der Waals surface area contributed by atoms with E-state index in [1.807, 2.05) is 0 Å². The normalized spacial score (nSPS) is 25.0. The van der Waals surface area contributed by atoms with Crippen molar-refractivity contribution in [2.24, 2.45) is 0 Å². The lowest BCUT2D eigenvalue weighted by atomic mass is 9.88. The molecule has 0 aromatic heterocycles. The van der Waals surface area contributed by atoms with E-state index in [0.717, 1.165) is 19.4 Å². The van der Waals surface area contributed by atoms with E-state index in [0.29, 0.717) is 18.6 Å². The highest BCUT2D eigenvalue weighted by Gasteiger charge is 2.32. The molecule has 1 rings (SSSR count). The first-order chi connectivity index (χ1) is 7.40. The highest BCUT2D eigenvalue weighted by molar-refractivity contribution is 5.75. The number of carbonyl (C=O) groups is 1. The first kappa shape index (κ1) is 13.5. The van der Waals surface area contributed by atoms with E-state index in [1.54, 1.807) is 7.05 Å². The second-order valence-corrected chi connectivity index (χ2v) is 5.40. The van der Waals surface area contributed by atoms with Gasteiger partial charge in [0, 0.05) is 26.1 Å². The summed E-state index contributed by atoms with van der Waals surface area (Å²) in [4.78, 5) is 11.0. The second-order valence-electron chi connectivity index (χ2n) is 5.40. The number of ether oxygens (including phenoxy) is 1. The molecule has 0 aromatic carbocycles. The van der Waals surface area contributed by atoms with Crippen LogP contribution in [0, 0.1) is 0 Å². The van der Waals surface area contributed by atoms with Crippen LogP contribution in [0.15, 0.2) is 0 Å². The minimum atomic E-state index is -0.0439. The molecule has 2 N–H and O–H groups in total. The molecule has 0 saturated heterocycles. The van der Waals surface area contributed by atoms with Crippen LogP contribution >= 0.6 is 0 Å². The lowest BCUT2D eigenvalue weighted by Gasteiger charge is -2.39. The van der Waals surface area contributed by atoms with Gasteiger partial charge in [-0.15, -0.1) is 0 Å². The summed E-state index contributed by atoms with van der Waals surface area (Å²) < 4.78 is 5.83. The SMILES string of the molecule is CNC(=O)CCNC1CC(OC(C)(C)C)C1. The van der Waals surface area contributed by atoms with Crippen molar-refractivity contribution in [2.45, 2.75) is 57.8 Å². The smallest absolute Gasteiger partial charge is 0.221 e. The van der Waals surface area contributed by atoms with Gasteiger partial charge < -0.3 is 15.4 Å². The monoisotopic (exact) mass is 228 g/mol. The van der Waals surface area contributed by atoms with Gasteiger partial charge in [0.2, 0.25) is 5.91 Å². The molecule has 1 aliphatic carbocycles. The summed E-state index contributed by atoms with van der Waals surface area (Å²) >= 11 is 0. The van der Waals surface area contributed by atoms with Crippen LogP contribution in [0.5, 0.6) is 0 Å². The van der Waals surface area contributed by atoms with Gasteiger partial charge in [0.05, 0.1) is 11.7 Å². The lowest BCUT2D eigenvalue weighted by Crippen LogP contribution is -2.48. The summed E-state index contributed by atoms with van der Waals surface area (Å²) in [6.07, 6.45) is 3.06. The molecule has 0 heterocycles. The Balaban J connectivity index is 2.02. The van der Waals surface area contributed by atoms with Gasteiger partial charge in [-0.1, -0.05) is 0 Å². The summed E-state index contributed by atoms with van der Waals surface area (Å²) in [6, 6.07) is 0.525. The van der Waals surface area contributed by atoms with Crippen LogP contribution in [0.3, 0.4) is 0 Å². The number of carbonyl (C=O) groups excluding carboxylic acids is 1. The van der Waals surface area contributed by atoms with E-state index < -0.39 is 0 Å². The Kier molecular flexibility index (Phi) is 4.74. The van der Waals surface area contributed by atoms with Crippen molar-refractivity contribution in [2.75, 3.05) is 13.6 Å². The van der Waals surface area contributed by atoms with Crippen molar-refractivity contribution in [3.05, 3.63) is 0 Å². The van der Waals surface area contributed by atoms with Gasteiger partial charge in [0.1, 0.15) is 0 Å². The van der Waals surface area contributed by atoms with Crippen molar-refractivity contribution in [1.29, 1.82) is 0 Å². The Hall–Kier alpha value is -0.610. The Bertz CT molecular complexity index is 230. The summed E-state index contributed by atoms with van der Waals surface area (Å²) in [5.74, 6) is 0.0920. The fourth-order valence-electron chi connectivity index (χ4n) is 1.84. The maximum atomic E-state index is 11.0. The molecule has 16 heavy (non-hydrogen) atoms. The average molecular weight is 228 g/mol. The molecule has 1 fully saturated rings. The highest BCUT2D eigenvalue weighted by Crippen LogP contribution is 2.27. The molecule has 0 radical (unpaired) electrons. The minimum Gasteiger partial charge on any atom is -0.373 e. The number of amides is 1. The van der Waals surface area contributed by atoms with Gasteiger partial charge in [-0.25, -0.2) is 0 Å². The third-order valence-corrected chi connectivity index (χ3v) is 2.68. The molecule has 4 heteroatoms. The van der Waals surface area contributed by atoms with Gasteiger partial charge in [0.15, 0.2) is 0 Å². The first-order valence-corrected chi connectivity index (χ1v) is 6.02. The molecule has 0 spiro atoms. The summed E-state index contributed by atoms with van der Waals surface area (Å²) in [5, 5.41) is 5.97. The van der Waals surface area contributed by atoms with Gasteiger partial charge in [0.25, 0.3) is 0 Å². The van der Waals surface area contributed by atoms with Crippen molar-refractivity contribution in [3.63, 3.8) is 0 Å². The topological polar surface area (TPSA) is 50.4 Å². The molecule has 1 amide bonds. The predicted octanol–water partition coefficient (Wildman–Crippen LogP) is 1.06. The molecule has 0 aliphatic heterocycles. The molecule has 1 aliphatic rings. The van der Waals surface area contributed by atoms with E-state index in [-0.39, 0.29) is 11.5 Å². The maximum absolute atomic E-state index is 11.0. The first-order valence-electron chi connectivity index (χ1n) is 6.02. The largest absolute Gasteiger partial charge is 0.373 e. The average Bonchev–Trinajstić information content (AvgIpc) is 2.11. The summed E-state index contributed by atoms with van der Waals surface area (Å²) in [6.45, 7) is 7.00. The molecule has 0 unspecified atom stereocenters. The second kappa shape index (κ2) is 5.64. The van der Waals surface area contributed by atoms with Crippen molar-refractivity contribution < 1.29 is 9.53 Å². The molecule has 1 saturated carbocycles. The van der Waals surface area contributed by atoms with Crippen molar-refractivity contribution in [3.8, 4) is 0 Å². The molecule has 0 aromatic rings. The Morgan fingerprint density at radius 1 is 1.38 bits per heavy atom. The standard InChI is InChI=1S/C12H24N2O2/c1-12(2,3)16-10-7-9(8-10)14-6-5-11(15)13-4/h9-10,14H,5-8H2,1-4H3,(H,13,15). The zero-order valence-electron chi connectivity index (χ0n) is 10.8. The molecule has 0 bridgehead atoms. The number of rotatable bonds is 5. The highest BCUT2D eigenvalue weighted by atomic mass is 16.5. The van der Waals surface area contributed by atoms with Crippen molar-refractivity contribution >= 4 is 5.91 Å². The maximum Gasteiger partial charge on any atom is 0.221 e. The van der Waals surface area contributed by atoms with E-state index in [2.05, 4.69) is 31.4 Å². The van der Waals surface area contributed by atoms with Crippen LogP contribution in [-0.4, -0.2) is 37.2 Å². The number of hydrogen-bond acceptors (Lipinski definition) is 3. The Labute approximate surface area is 98.1 Å². The molecular formula is C12H24N2O2. The van der Waals surface area contributed by atoms with Crippen LogP contribution in [0.25, 0.3) is 0 Å². The fraction of sp³-hybridized carbons (Fsp3) is 0.917. The zero-order chi connectivity index (χ0) is 12.2. The van der Waals surface area contributed by atoms with E-state index in [4.69, 9.17) is 4.74 Å². The quantitative estimate of drug-likeness (QED) is 0.739.